The normalized spacial score (nSPS) is 29.1. The van der Waals surface area contributed by atoms with Crippen molar-refractivity contribution < 1.29 is 14.7 Å². The van der Waals surface area contributed by atoms with E-state index in [4.69, 9.17) is 5.11 Å². The summed E-state index contributed by atoms with van der Waals surface area (Å²) in [6.45, 7) is 1.25. The molecule has 3 fully saturated rings. The summed E-state index contributed by atoms with van der Waals surface area (Å²) >= 11 is 0. The Morgan fingerprint density at radius 1 is 1.29 bits per heavy atom. The third kappa shape index (κ3) is 2.31. The summed E-state index contributed by atoms with van der Waals surface area (Å²) in [5, 5.41) is 8.95. The Balaban J connectivity index is 1.60. The minimum atomic E-state index is -0.824. The maximum atomic E-state index is 11.8. The topological polar surface area (TPSA) is 57.6 Å². The van der Waals surface area contributed by atoms with Gasteiger partial charge < -0.3 is 10.0 Å². The second kappa shape index (κ2) is 4.00. The van der Waals surface area contributed by atoms with Crippen LogP contribution in [0.1, 0.15) is 32.1 Å². The Kier molecular flexibility index (Phi) is 2.60. The smallest absolute Gasteiger partial charge is 0.308 e. The first-order valence-electron chi connectivity index (χ1n) is 6.65. The highest BCUT2D eigenvalue weighted by molar-refractivity contribution is 5.86. The average Bonchev–Trinajstić information content (AvgIpc) is 3.15. The molecule has 0 spiro atoms. The highest BCUT2D eigenvalue weighted by atomic mass is 16.4. The lowest BCUT2D eigenvalue weighted by Crippen LogP contribution is -2.33. The minimum Gasteiger partial charge on any atom is -0.481 e. The molecule has 0 aromatic rings. The van der Waals surface area contributed by atoms with Crippen molar-refractivity contribution >= 4 is 11.9 Å². The summed E-state index contributed by atoms with van der Waals surface area (Å²) in [5.41, 5.74) is 0. The summed E-state index contributed by atoms with van der Waals surface area (Å²) in [7, 11) is 0. The van der Waals surface area contributed by atoms with Crippen LogP contribution >= 0.6 is 0 Å². The number of rotatable bonds is 5. The third-order valence-electron chi connectivity index (χ3n) is 4.45. The highest BCUT2D eigenvalue weighted by Crippen LogP contribution is 2.49. The predicted molar refractivity (Wildman–Crippen MR) is 61.3 cm³/mol. The van der Waals surface area contributed by atoms with Gasteiger partial charge in [-0.2, -0.15) is 0 Å². The van der Waals surface area contributed by atoms with E-state index >= 15 is 0 Å². The van der Waals surface area contributed by atoms with Gasteiger partial charge >= 0.3 is 5.97 Å². The van der Waals surface area contributed by atoms with Gasteiger partial charge in [-0.1, -0.05) is 0 Å². The van der Waals surface area contributed by atoms with Gasteiger partial charge in [0.2, 0.25) is 5.91 Å². The van der Waals surface area contributed by atoms with Gasteiger partial charge in [-0.15, -0.1) is 0 Å². The van der Waals surface area contributed by atoms with Crippen molar-refractivity contribution in [3.05, 3.63) is 0 Å². The number of aliphatic carboxylic acids is 1. The van der Waals surface area contributed by atoms with Crippen LogP contribution in [0.25, 0.3) is 0 Å². The van der Waals surface area contributed by atoms with Crippen LogP contribution in [-0.4, -0.2) is 35.0 Å². The average molecular weight is 237 g/mol. The second-order valence-electron chi connectivity index (χ2n) is 5.88. The molecule has 1 heterocycles. The van der Waals surface area contributed by atoms with Crippen molar-refractivity contribution in [2.24, 2.45) is 23.7 Å². The van der Waals surface area contributed by atoms with Crippen molar-refractivity contribution in [3.63, 3.8) is 0 Å². The SMILES string of the molecule is O=C(O)C1CC(=O)N(CC(C2CC2)C2CC2)C1. The Morgan fingerprint density at radius 2 is 1.88 bits per heavy atom. The predicted octanol–water partition coefficient (Wildman–Crippen LogP) is 1.36. The van der Waals surface area contributed by atoms with Crippen molar-refractivity contribution in [1.82, 2.24) is 4.90 Å². The number of likely N-dealkylation sites (tertiary alicyclic amines) is 1. The molecule has 3 aliphatic rings. The van der Waals surface area contributed by atoms with Crippen LogP contribution in [0.5, 0.6) is 0 Å². The van der Waals surface area contributed by atoms with E-state index in [0.717, 1.165) is 18.4 Å². The molecular formula is C13H19NO3. The molecule has 94 valence electrons. The van der Waals surface area contributed by atoms with Gasteiger partial charge in [-0.25, -0.2) is 0 Å². The summed E-state index contributed by atoms with van der Waals surface area (Å²) in [4.78, 5) is 24.5. The van der Waals surface area contributed by atoms with E-state index in [2.05, 4.69) is 0 Å². The summed E-state index contributed by atoms with van der Waals surface area (Å²) < 4.78 is 0. The van der Waals surface area contributed by atoms with Crippen LogP contribution in [0.2, 0.25) is 0 Å². The molecule has 4 heteroatoms. The Morgan fingerprint density at radius 3 is 2.29 bits per heavy atom. The number of carbonyl (C=O) groups excluding carboxylic acids is 1. The lowest BCUT2D eigenvalue weighted by atomic mass is 9.97. The molecule has 0 radical (unpaired) electrons. The van der Waals surface area contributed by atoms with E-state index in [1.54, 1.807) is 4.90 Å². The fraction of sp³-hybridized carbons (Fsp3) is 0.846. The van der Waals surface area contributed by atoms with Gasteiger partial charge in [-0.05, 0) is 43.4 Å². The molecule has 0 bridgehead atoms. The zero-order valence-corrected chi connectivity index (χ0v) is 9.97. The fourth-order valence-electron chi connectivity index (χ4n) is 3.10. The van der Waals surface area contributed by atoms with Gasteiger partial charge in [0.05, 0.1) is 5.92 Å². The number of nitrogens with zero attached hydrogens (tertiary/aromatic N) is 1. The number of carboxylic acids is 1. The number of carbonyl (C=O) groups is 2. The largest absolute Gasteiger partial charge is 0.481 e. The summed E-state index contributed by atoms with van der Waals surface area (Å²) in [5.74, 6) is 1.05. The molecule has 1 saturated heterocycles. The van der Waals surface area contributed by atoms with Gasteiger partial charge in [0.15, 0.2) is 0 Å². The Labute approximate surface area is 101 Å². The van der Waals surface area contributed by atoms with Crippen molar-refractivity contribution in [2.75, 3.05) is 13.1 Å². The first-order valence-corrected chi connectivity index (χ1v) is 6.65. The highest BCUT2D eigenvalue weighted by Gasteiger charge is 2.44. The van der Waals surface area contributed by atoms with Gasteiger partial charge in [-0.3, -0.25) is 9.59 Å². The molecule has 2 aliphatic carbocycles. The monoisotopic (exact) mass is 237 g/mol. The number of amides is 1. The number of hydrogen-bond acceptors (Lipinski definition) is 2. The molecule has 0 aromatic heterocycles. The van der Waals surface area contributed by atoms with Gasteiger partial charge in [0.25, 0.3) is 0 Å². The van der Waals surface area contributed by atoms with E-state index in [1.807, 2.05) is 0 Å². The van der Waals surface area contributed by atoms with E-state index in [0.29, 0.717) is 12.5 Å². The van der Waals surface area contributed by atoms with Gasteiger partial charge in [0.1, 0.15) is 0 Å². The van der Waals surface area contributed by atoms with Crippen LogP contribution in [0.4, 0.5) is 0 Å². The standard InChI is InChI=1S/C13H19NO3/c15-12-5-10(13(16)17)6-14(12)7-11(8-1-2-8)9-3-4-9/h8-11H,1-7H2,(H,16,17). The molecule has 17 heavy (non-hydrogen) atoms. The summed E-state index contributed by atoms with van der Waals surface area (Å²) in [6.07, 6.45) is 5.45. The Hall–Kier alpha value is -1.06. The number of carboxylic acid groups (broad SMARTS) is 1. The van der Waals surface area contributed by atoms with Crippen molar-refractivity contribution in [1.29, 1.82) is 0 Å². The van der Waals surface area contributed by atoms with Crippen LogP contribution < -0.4 is 0 Å². The van der Waals surface area contributed by atoms with Crippen LogP contribution in [0, 0.1) is 23.7 Å². The zero-order valence-electron chi connectivity index (χ0n) is 9.97. The molecule has 1 aliphatic heterocycles. The van der Waals surface area contributed by atoms with Crippen molar-refractivity contribution in [2.45, 2.75) is 32.1 Å². The van der Waals surface area contributed by atoms with Crippen LogP contribution in [-0.2, 0) is 9.59 Å². The minimum absolute atomic E-state index is 0.0451. The maximum Gasteiger partial charge on any atom is 0.308 e. The van der Waals surface area contributed by atoms with E-state index < -0.39 is 11.9 Å². The van der Waals surface area contributed by atoms with Crippen molar-refractivity contribution in [3.8, 4) is 0 Å². The molecule has 1 unspecified atom stereocenters. The molecule has 3 rings (SSSR count). The number of hydrogen-bond donors (Lipinski definition) is 1. The second-order valence-corrected chi connectivity index (χ2v) is 5.88. The lowest BCUT2D eigenvalue weighted by molar-refractivity contribution is -0.141. The molecule has 2 saturated carbocycles. The molecule has 4 nitrogen and oxygen atoms in total. The third-order valence-corrected chi connectivity index (χ3v) is 4.45. The molecule has 1 atom stereocenters. The molecular weight excluding hydrogens is 218 g/mol. The lowest BCUT2D eigenvalue weighted by Gasteiger charge is -2.23. The maximum absolute atomic E-state index is 11.8. The fourth-order valence-corrected chi connectivity index (χ4v) is 3.10. The zero-order chi connectivity index (χ0) is 12.0. The van der Waals surface area contributed by atoms with E-state index in [-0.39, 0.29) is 12.3 Å². The molecule has 1 N–H and O–H groups in total. The van der Waals surface area contributed by atoms with E-state index in [9.17, 15) is 9.59 Å². The first kappa shape index (κ1) is 11.1. The first-order chi connectivity index (χ1) is 8.15. The Bertz CT molecular complexity index is 335. The summed E-state index contributed by atoms with van der Waals surface area (Å²) in [6, 6.07) is 0. The van der Waals surface area contributed by atoms with Crippen LogP contribution in [0.15, 0.2) is 0 Å². The molecule has 1 amide bonds. The quantitative estimate of drug-likeness (QED) is 0.785. The van der Waals surface area contributed by atoms with Crippen LogP contribution in [0.3, 0.4) is 0 Å². The molecule has 0 aromatic carbocycles. The van der Waals surface area contributed by atoms with E-state index in [1.165, 1.54) is 25.7 Å². The van der Waals surface area contributed by atoms with Gasteiger partial charge in [0, 0.05) is 19.5 Å².